The summed E-state index contributed by atoms with van der Waals surface area (Å²) >= 11 is 0. The normalized spacial score (nSPS) is 10.7. The summed E-state index contributed by atoms with van der Waals surface area (Å²) in [4.78, 5) is 40.3. The maximum atomic E-state index is 12.2. The molecule has 0 spiro atoms. The first-order valence-corrected chi connectivity index (χ1v) is 6.76. The quantitative estimate of drug-likeness (QED) is 0.778. The van der Waals surface area contributed by atoms with Gasteiger partial charge in [-0.05, 0) is 19.9 Å². The lowest BCUT2D eigenvalue weighted by Gasteiger charge is -2.24. The molecule has 24 heavy (non-hydrogen) atoms. The van der Waals surface area contributed by atoms with E-state index >= 15 is 0 Å². The summed E-state index contributed by atoms with van der Waals surface area (Å²) in [6.07, 6.45) is 1.34. The van der Waals surface area contributed by atoms with Crippen molar-refractivity contribution in [2.24, 2.45) is 19.8 Å². The molecule has 2 aromatic heterocycles. The number of halogens is 2. The predicted octanol–water partition coefficient (Wildman–Crippen LogP) is -0.0571. The number of carbonyl (C=O) groups excluding carboxylic acids is 1. The fraction of sp³-hybridized carbons (Fsp3) is 0.429. The van der Waals surface area contributed by atoms with Crippen LogP contribution in [0.1, 0.15) is 24.2 Å². The first-order valence-electron chi connectivity index (χ1n) is 6.76. The van der Waals surface area contributed by atoms with E-state index in [-0.39, 0.29) is 53.9 Å². The van der Waals surface area contributed by atoms with Crippen molar-refractivity contribution in [2.75, 3.05) is 6.54 Å². The number of aromatic nitrogens is 3. The molecule has 10 heteroatoms. The standard InChI is InChI=1S/C14H19N5O3.2ClH/c1-14(2,7-15)17-11(20)8-5-9-10(16-6-8)18(3)13(22)19(4)12(9)21;;/h5-6H,7,15H2,1-4H3,(H,17,20);2*1H. The molecule has 0 aliphatic carbocycles. The number of hydrogen-bond donors (Lipinski definition) is 2. The first-order chi connectivity index (χ1) is 10.2. The molecule has 2 heterocycles. The van der Waals surface area contributed by atoms with E-state index in [1.807, 2.05) is 0 Å². The number of pyridine rings is 1. The van der Waals surface area contributed by atoms with Crippen molar-refractivity contribution in [2.45, 2.75) is 19.4 Å². The Kier molecular flexibility index (Phi) is 7.16. The molecule has 0 saturated carbocycles. The number of aryl methyl sites for hydroxylation is 1. The van der Waals surface area contributed by atoms with Crippen LogP contribution >= 0.6 is 24.8 Å². The summed E-state index contributed by atoms with van der Waals surface area (Å²) < 4.78 is 2.25. The van der Waals surface area contributed by atoms with Gasteiger partial charge in [0.2, 0.25) is 0 Å². The van der Waals surface area contributed by atoms with E-state index in [1.165, 1.54) is 30.9 Å². The van der Waals surface area contributed by atoms with Crippen molar-refractivity contribution in [3.05, 3.63) is 38.7 Å². The third-order valence-corrected chi connectivity index (χ3v) is 3.52. The largest absolute Gasteiger partial charge is 0.346 e. The highest BCUT2D eigenvalue weighted by Gasteiger charge is 2.20. The molecule has 0 saturated heterocycles. The van der Waals surface area contributed by atoms with Crippen molar-refractivity contribution in [1.29, 1.82) is 0 Å². The monoisotopic (exact) mass is 377 g/mol. The molecule has 8 nitrogen and oxygen atoms in total. The zero-order valence-electron chi connectivity index (χ0n) is 13.8. The fourth-order valence-electron chi connectivity index (χ4n) is 2.02. The van der Waals surface area contributed by atoms with E-state index in [4.69, 9.17) is 5.73 Å². The number of nitrogens with zero attached hydrogens (tertiary/aromatic N) is 3. The summed E-state index contributed by atoms with van der Waals surface area (Å²) in [5.41, 5.74) is 4.54. The minimum Gasteiger partial charge on any atom is -0.346 e. The van der Waals surface area contributed by atoms with Gasteiger partial charge in [0, 0.05) is 32.4 Å². The van der Waals surface area contributed by atoms with Crippen LogP contribution in [0.15, 0.2) is 21.9 Å². The Morgan fingerprint density at radius 3 is 2.38 bits per heavy atom. The molecule has 0 fully saturated rings. The van der Waals surface area contributed by atoms with Gasteiger partial charge in [-0.25, -0.2) is 9.78 Å². The van der Waals surface area contributed by atoms with Gasteiger partial charge in [-0.1, -0.05) is 0 Å². The van der Waals surface area contributed by atoms with Gasteiger partial charge >= 0.3 is 5.69 Å². The number of fused-ring (bicyclic) bond motifs is 1. The summed E-state index contributed by atoms with van der Waals surface area (Å²) in [7, 11) is 2.91. The van der Waals surface area contributed by atoms with Crippen molar-refractivity contribution >= 4 is 41.8 Å². The third kappa shape index (κ3) is 3.95. The lowest BCUT2D eigenvalue weighted by atomic mass is 10.1. The van der Waals surface area contributed by atoms with Crippen LogP contribution in [0.4, 0.5) is 0 Å². The number of rotatable bonds is 3. The van der Waals surface area contributed by atoms with Crippen molar-refractivity contribution in [3.63, 3.8) is 0 Å². The van der Waals surface area contributed by atoms with Gasteiger partial charge < -0.3 is 11.1 Å². The van der Waals surface area contributed by atoms with Crippen LogP contribution in [-0.2, 0) is 14.1 Å². The van der Waals surface area contributed by atoms with Gasteiger partial charge in [-0.2, -0.15) is 0 Å². The fourth-order valence-corrected chi connectivity index (χ4v) is 2.02. The molecule has 0 bridgehead atoms. The molecule has 2 aromatic rings. The molecule has 0 aliphatic rings. The van der Waals surface area contributed by atoms with Crippen LogP contribution < -0.4 is 22.3 Å². The highest BCUT2D eigenvalue weighted by atomic mass is 35.5. The maximum Gasteiger partial charge on any atom is 0.332 e. The van der Waals surface area contributed by atoms with Gasteiger partial charge in [0.15, 0.2) is 0 Å². The highest BCUT2D eigenvalue weighted by molar-refractivity contribution is 5.97. The second-order valence-electron chi connectivity index (χ2n) is 5.84. The topological polar surface area (TPSA) is 112 Å². The average molecular weight is 378 g/mol. The number of hydrogen-bond acceptors (Lipinski definition) is 5. The second kappa shape index (κ2) is 7.78. The van der Waals surface area contributed by atoms with Crippen molar-refractivity contribution in [3.8, 4) is 0 Å². The predicted molar refractivity (Wildman–Crippen MR) is 97.3 cm³/mol. The van der Waals surface area contributed by atoms with Crippen LogP contribution in [0.5, 0.6) is 0 Å². The smallest absolute Gasteiger partial charge is 0.332 e. The van der Waals surface area contributed by atoms with Crippen LogP contribution in [0.25, 0.3) is 11.0 Å². The van der Waals surface area contributed by atoms with Crippen LogP contribution in [0.3, 0.4) is 0 Å². The zero-order valence-corrected chi connectivity index (χ0v) is 15.5. The first kappa shape index (κ1) is 22.1. The minimum absolute atomic E-state index is 0. The number of nitrogens with two attached hydrogens (primary N) is 1. The van der Waals surface area contributed by atoms with Gasteiger partial charge in [0.05, 0.1) is 10.9 Å². The number of nitrogens with one attached hydrogen (secondary N) is 1. The molecule has 0 aromatic carbocycles. The Hall–Kier alpha value is -1.90. The second-order valence-corrected chi connectivity index (χ2v) is 5.84. The molecular formula is C14H21Cl2N5O3. The van der Waals surface area contributed by atoms with Crippen molar-refractivity contribution < 1.29 is 4.79 Å². The van der Waals surface area contributed by atoms with Crippen LogP contribution in [0.2, 0.25) is 0 Å². The van der Waals surface area contributed by atoms with Gasteiger partial charge in [0.1, 0.15) is 5.65 Å². The Morgan fingerprint density at radius 2 is 1.83 bits per heavy atom. The zero-order chi connectivity index (χ0) is 16.7. The van der Waals surface area contributed by atoms with E-state index in [2.05, 4.69) is 10.3 Å². The highest BCUT2D eigenvalue weighted by Crippen LogP contribution is 2.09. The Morgan fingerprint density at radius 1 is 1.25 bits per heavy atom. The maximum absolute atomic E-state index is 12.2. The van der Waals surface area contributed by atoms with Gasteiger partial charge in [-0.15, -0.1) is 24.8 Å². The van der Waals surface area contributed by atoms with Crippen LogP contribution in [-0.4, -0.2) is 32.1 Å². The van der Waals surface area contributed by atoms with E-state index in [1.54, 1.807) is 13.8 Å². The van der Waals surface area contributed by atoms with Gasteiger partial charge in [-0.3, -0.25) is 18.7 Å². The van der Waals surface area contributed by atoms with E-state index < -0.39 is 16.8 Å². The Balaban J connectivity index is 0.00000264. The average Bonchev–Trinajstić information content (AvgIpc) is 2.49. The molecule has 134 valence electrons. The van der Waals surface area contributed by atoms with Crippen LogP contribution in [0, 0.1) is 0 Å². The SMILES string of the molecule is Cl.Cl.Cn1c(=O)c2cc(C(=O)NC(C)(C)CN)cnc2n(C)c1=O. The third-order valence-electron chi connectivity index (χ3n) is 3.52. The molecule has 2 rings (SSSR count). The molecular weight excluding hydrogens is 357 g/mol. The Bertz CT molecular complexity index is 873. The number of carbonyl (C=O) groups is 1. The molecule has 0 atom stereocenters. The van der Waals surface area contributed by atoms with E-state index in [0.29, 0.717) is 0 Å². The molecule has 0 unspecified atom stereocenters. The lowest BCUT2D eigenvalue weighted by Crippen LogP contribution is -2.48. The summed E-state index contributed by atoms with van der Waals surface area (Å²) in [6, 6.07) is 1.44. The summed E-state index contributed by atoms with van der Waals surface area (Å²) in [5.74, 6) is -0.374. The van der Waals surface area contributed by atoms with E-state index in [9.17, 15) is 14.4 Å². The molecule has 1 amide bonds. The molecule has 0 radical (unpaired) electrons. The lowest BCUT2D eigenvalue weighted by molar-refractivity contribution is 0.0915. The number of amides is 1. The minimum atomic E-state index is -0.569. The summed E-state index contributed by atoms with van der Waals surface area (Å²) in [6.45, 7) is 3.86. The Labute approximate surface area is 150 Å². The van der Waals surface area contributed by atoms with Gasteiger partial charge in [0.25, 0.3) is 11.5 Å². The van der Waals surface area contributed by atoms with E-state index in [0.717, 1.165) is 4.57 Å². The molecule has 0 aliphatic heterocycles. The molecule has 3 N–H and O–H groups in total. The summed E-state index contributed by atoms with van der Waals surface area (Å²) in [5, 5.41) is 2.98. The van der Waals surface area contributed by atoms with Crippen molar-refractivity contribution in [1.82, 2.24) is 19.4 Å².